The lowest BCUT2D eigenvalue weighted by molar-refractivity contribution is -0.138. The molecular formula is C20H30N4O4. The largest absolute Gasteiger partial charge is 0.344 e. The van der Waals surface area contributed by atoms with Crippen molar-refractivity contribution in [3.05, 3.63) is 28.6 Å². The predicted molar refractivity (Wildman–Crippen MR) is 103 cm³/mol. The SMILES string of the molecule is Cc1cc(C(C)(C)C)c(CCONC(=O)[C@@H]2CC[C@@H]3CN2C(=O)N3O)c(C)n1. The van der Waals surface area contributed by atoms with Crippen LogP contribution in [0.15, 0.2) is 6.07 Å². The zero-order valence-corrected chi connectivity index (χ0v) is 17.3. The van der Waals surface area contributed by atoms with E-state index in [1.54, 1.807) is 0 Å². The summed E-state index contributed by atoms with van der Waals surface area (Å²) >= 11 is 0. The number of amides is 3. The maximum absolute atomic E-state index is 12.4. The molecule has 8 nitrogen and oxygen atoms in total. The quantitative estimate of drug-likeness (QED) is 0.457. The van der Waals surface area contributed by atoms with Crippen LogP contribution in [0.25, 0.3) is 0 Å². The minimum Gasteiger partial charge on any atom is -0.309 e. The van der Waals surface area contributed by atoms with E-state index >= 15 is 0 Å². The Morgan fingerprint density at radius 3 is 2.75 bits per heavy atom. The predicted octanol–water partition coefficient (Wildman–Crippen LogP) is 2.24. The normalized spacial score (nSPS) is 22.0. The molecule has 0 radical (unpaired) electrons. The van der Waals surface area contributed by atoms with Crippen molar-refractivity contribution in [1.82, 2.24) is 20.4 Å². The average Bonchev–Trinajstić information content (AvgIpc) is 2.83. The number of carbonyl (C=O) groups is 2. The number of aryl methyl sites for hydroxylation is 2. The average molecular weight is 390 g/mol. The molecule has 0 saturated carbocycles. The fraction of sp³-hybridized carbons (Fsp3) is 0.650. The Hall–Kier alpha value is -2.19. The monoisotopic (exact) mass is 390 g/mol. The van der Waals surface area contributed by atoms with Gasteiger partial charge in [-0.15, -0.1) is 0 Å². The Morgan fingerprint density at radius 1 is 1.36 bits per heavy atom. The van der Waals surface area contributed by atoms with E-state index in [9.17, 15) is 14.8 Å². The summed E-state index contributed by atoms with van der Waals surface area (Å²) in [5.41, 5.74) is 6.80. The van der Waals surface area contributed by atoms with Crippen molar-refractivity contribution in [2.45, 2.75) is 71.4 Å². The first-order valence-electron chi connectivity index (χ1n) is 9.77. The van der Waals surface area contributed by atoms with Crippen LogP contribution in [0.5, 0.6) is 0 Å². The molecule has 8 heteroatoms. The minimum atomic E-state index is -0.603. The first kappa shape index (κ1) is 20.5. The second kappa shape index (κ2) is 7.67. The number of rotatable bonds is 5. The summed E-state index contributed by atoms with van der Waals surface area (Å²) in [5, 5.41) is 10.4. The van der Waals surface area contributed by atoms with Gasteiger partial charge >= 0.3 is 6.03 Å². The fourth-order valence-electron chi connectivity index (χ4n) is 4.11. The second-order valence-electron chi connectivity index (χ2n) is 8.72. The summed E-state index contributed by atoms with van der Waals surface area (Å²) in [5.74, 6) is -0.350. The van der Waals surface area contributed by atoms with Crippen molar-refractivity contribution < 1.29 is 19.6 Å². The Balaban J connectivity index is 1.57. The van der Waals surface area contributed by atoms with Crippen molar-refractivity contribution in [2.75, 3.05) is 13.2 Å². The first-order chi connectivity index (χ1) is 13.1. The molecule has 0 aliphatic carbocycles. The van der Waals surface area contributed by atoms with E-state index < -0.39 is 12.1 Å². The number of fused-ring (bicyclic) bond motifs is 2. The van der Waals surface area contributed by atoms with Crippen LogP contribution < -0.4 is 5.48 Å². The zero-order valence-electron chi connectivity index (χ0n) is 17.3. The van der Waals surface area contributed by atoms with Crippen molar-refractivity contribution in [2.24, 2.45) is 0 Å². The lowest BCUT2D eigenvalue weighted by atomic mass is 9.82. The van der Waals surface area contributed by atoms with E-state index in [-0.39, 0.29) is 17.4 Å². The van der Waals surface area contributed by atoms with Crippen molar-refractivity contribution in [3.8, 4) is 0 Å². The summed E-state index contributed by atoms with van der Waals surface area (Å²) in [6, 6.07) is 0.775. The zero-order chi connectivity index (χ0) is 20.6. The number of hydrogen-bond acceptors (Lipinski definition) is 5. The number of urea groups is 1. The van der Waals surface area contributed by atoms with Gasteiger partial charge in [0, 0.05) is 24.4 Å². The number of piperidine rings is 1. The van der Waals surface area contributed by atoms with E-state index in [4.69, 9.17) is 4.84 Å². The van der Waals surface area contributed by atoms with Crippen molar-refractivity contribution in [1.29, 1.82) is 0 Å². The molecule has 2 aliphatic heterocycles. The van der Waals surface area contributed by atoms with Crippen LogP contribution >= 0.6 is 0 Å². The molecule has 0 aromatic carbocycles. The lowest BCUT2D eigenvalue weighted by Gasteiger charge is -2.29. The molecule has 3 amide bonds. The van der Waals surface area contributed by atoms with Crippen molar-refractivity contribution >= 4 is 11.9 Å². The molecule has 2 aliphatic rings. The van der Waals surface area contributed by atoms with Crippen LogP contribution in [0.2, 0.25) is 0 Å². The third-order valence-corrected chi connectivity index (χ3v) is 5.54. The fourth-order valence-corrected chi connectivity index (χ4v) is 4.11. The van der Waals surface area contributed by atoms with Gasteiger partial charge in [-0.3, -0.25) is 19.8 Å². The molecule has 154 valence electrons. The van der Waals surface area contributed by atoms with Gasteiger partial charge in [-0.25, -0.2) is 15.3 Å². The summed E-state index contributed by atoms with van der Waals surface area (Å²) in [6.07, 6.45) is 1.74. The Morgan fingerprint density at radius 2 is 2.07 bits per heavy atom. The molecule has 2 N–H and O–H groups in total. The van der Waals surface area contributed by atoms with Crippen LogP contribution in [0.4, 0.5) is 4.79 Å². The molecule has 2 fully saturated rings. The molecular weight excluding hydrogens is 360 g/mol. The smallest absolute Gasteiger partial charge is 0.309 e. The van der Waals surface area contributed by atoms with Crippen LogP contribution in [-0.4, -0.2) is 57.3 Å². The molecule has 2 saturated heterocycles. The third kappa shape index (κ3) is 3.98. The van der Waals surface area contributed by atoms with Gasteiger partial charge in [-0.05, 0) is 49.3 Å². The maximum Gasteiger partial charge on any atom is 0.344 e. The van der Waals surface area contributed by atoms with Crippen LogP contribution in [0.3, 0.4) is 0 Å². The van der Waals surface area contributed by atoms with E-state index in [2.05, 4.69) is 37.3 Å². The lowest BCUT2D eigenvalue weighted by Crippen LogP contribution is -2.49. The van der Waals surface area contributed by atoms with Gasteiger partial charge in [0.1, 0.15) is 6.04 Å². The van der Waals surface area contributed by atoms with Gasteiger partial charge < -0.3 is 4.90 Å². The molecule has 1 aromatic rings. The van der Waals surface area contributed by atoms with Crippen LogP contribution in [0.1, 0.15) is 56.1 Å². The second-order valence-corrected chi connectivity index (χ2v) is 8.72. The topological polar surface area (TPSA) is 95.0 Å². The number of aromatic nitrogens is 1. The molecule has 0 spiro atoms. The molecule has 0 unspecified atom stereocenters. The van der Waals surface area contributed by atoms with E-state index in [0.717, 1.165) is 22.0 Å². The van der Waals surface area contributed by atoms with Gasteiger partial charge in [-0.2, -0.15) is 0 Å². The van der Waals surface area contributed by atoms with Crippen LogP contribution in [0, 0.1) is 13.8 Å². The molecule has 2 bridgehead atoms. The summed E-state index contributed by atoms with van der Waals surface area (Å²) in [6.45, 7) is 11.2. The number of hydroxylamine groups is 3. The number of carbonyl (C=O) groups excluding carboxylic acids is 2. The standard InChI is InChI=1S/C20H30N4O4/c1-12-10-16(20(3,4)5)15(13(2)21-12)8-9-28-22-18(25)17-7-6-14-11-23(17)19(26)24(14)27/h10,14,17,27H,6-9,11H2,1-5H3,(H,22,25)/t14-,17+/m1/s1. The van der Waals surface area contributed by atoms with Crippen LogP contribution in [-0.2, 0) is 21.5 Å². The maximum atomic E-state index is 12.4. The highest BCUT2D eigenvalue weighted by atomic mass is 16.6. The number of hydrogen-bond donors (Lipinski definition) is 2. The van der Waals surface area contributed by atoms with Gasteiger partial charge in [0.15, 0.2) is 0 Å². The Bertz CT molecular complexity index is 774. The summed E-state index contributed by atoms with van der Waals surface area (Å²) in [7, 11) is 0. The summed E-state index contributed by atoms with van der Waals surface area (Å²) < 4.78 is 0. The molecule has 2 atom stereocenters. The Labute approximate surface area is 165 Å². The third-order valence-electron chi connectivity index (χ3n) is 5.54. The van der Waals surface area contributed by atoms with E-state index in [0.29, 0.717) is 32.4 Å². The van der Waals surface area contributed by atoms with Gasteiger partial charge in [0.2, 0.25) is 0 Å². The summed E-state index contributed by atoms with van der Waals surface area (Å²) in [4.78, 5) is 35.8. The van der Waals surface area contributed by atoms with Crippen molar-refractivity contribution in [3.63, 3.8) is 0 Å². The minimum absolute atomic E-state index is 0.0119. The van der Waals surface area contributed by atoms with Gasteiger partial charge in [0.05, 0.1) is 12.6 Å². The highest BCUT2D eigenvalue weighted by Gasteiger charge is 2.46. The van der Waals surface area contributed by atoms with Gasteiger partial charge in [-0.1, -0.05) is 20.8 Å². The molecule has 1 aromatic heterocycles. The molecule has 28 heavy (non-hydrogen) atoms. The van der Waals surface area contributed by atoms with E-state index in [1.807, 2.05) is 13.8 Å². The number of nitrogens with one attached hydrogen (secondary N) is 1. The number of nitrogens with zero attached hydrogens (tertiary/aromatic N) is 3. The number of pyridine rings is 1. The highest BCUT2D eigenvalue weighted by molar-refractivity contribution is 5.87. The Kier molecular flexibility index (Phi) is 5.63. The highest BCUT2D eigenvalue weighted by Crippen LogP contribution is 2.29. The molecule has 3 heterocycles. The van der Waals surface area contributed by atoms with E-state index in [1.165, 1.54) is 10.5 Å². The molecule has 3 rings (SSSR count). The van der Waals surface area contributed by atoms with Gasteiger partial charge in [0.25, 0.3) is 5.91 Å². The first-order valence-corrected chi connectivity index (χ1v) is 9.77.